The van der Waals surface area contributed by atoms with Crippen LogP contribution in [0.25, 0.3) is 0 Å². The normalized spacial score (nSPS) is 10.4. The Morgan fingerprint density at radius 3 is 3.00 bits per heavy atom. The van der Waals surface area contributed by atoms with Crippen molar-refractivity contribution in [1.29, 1.82) is 0 Å². The molecule has 62 valence electrons. The summed E-state index contributed by atoms with van der Waals surface area (Å²) in [6.07, 6.45) is 3.28. The molecule has 1 heterocycles. The average molecular weight is 205 g/mol. The molecule has 1 aromatic heterocycles. The summed E-state index contributed by atoms with van der Waals surface area (Å²) in [6, 6.07) is 0. The molecule has 0 unspecified atom stereocenters. The minimum absolute atomic E-state index is 1.17. The first kappa shape index (κ1) is 9.42. The Morgan fingerprint density at radius 2 is 2.45 bits per heavy atom. The van der Waals surface area contributed by atoms with Crippen LogP contribution in [0.2, 0.25) is 0 Å². The minimum atomic E-state index is 1.17. The van der Waals surface area contributed by atoms with Crippen molar-refractivity contribution in [3.8, 4) is 0 Å². The molecule has 0 aliphatic heterocycles. The fraction of sp³-hybridized carbons (Fsp3) is 0.571. The van der Waals surface area contributed by atoms with Gasteiger partial charge in [0.15, 0.2) is 0 Å². The van der Waals surface area contributed by atoms with E-state index in [-0.39, 0.29) is 0 Å². The summed E-state index contributed by atoms with van der Waals surface area (Å²) in [4.78, 5) is 5.63. The summed E-state index contributed by atoms with van der Waals surface area (Å²) in [6.45, 7) is 2.08. The first-order valence-corrected chi connectivity index (χ1v) is 7.00. The van der Waals surface area contributed by atoms with E-state index in [0.29, 0.717) is 0 Å². The Labute approximate surface area is 79.4 Å². The lowest BCUT2D eigenvalue weighted by molar-refractivity contribution is 1.13. The van der Waals surface area contributed by atoms with Gasteiger partial charge in [-0.3, -0.25) is 0 Å². The molecule has 0 bridgehead atoms. The zero-order valence-electron chi connectivity index (χ0n) is 6.66. The van der Waals surface area contributed by atoms with Crippen LogP contribution in [-0.2, 0) is 6.42 Å². The average Bonchev–Trinajstić information content (AvgIpc) is 2.37. The van der Waals surface area contributed by atoms with Gasteiger partial charge in [-0.25, -0.2) is 4.98 Å². The molecule has 0 radical (unpaired) electrons. The van der Waals surface area contributed by atoms with Gasteiger partial charge in [0.05, 0.1) is 11.2 Å². The Bertz CT molecular complexity index is 209. The monoisotopic (exact) mass is 205 g/mol. The van der Waals surface area contributed by atoms with Crippen LogP contribution in [0.5, 0.6) is 0 Å². The third-order valence-electron chi connectivity index (χ3n) is 1.38. The van der Waals surface area contributed by atoms with Crippen LogP contribution in [0.1, 0.15) is 10.6 Å². The quantitative estimate of drug-likeness (QED) is 0.554. The Balaban J connectivity index is 2.32. The van der Waals surface area contributed by atoms with Crippen LogP contribution in [0.4, 0.5) is 0 Å². The zero-order chi connectivity index (χ0) is 8.10. The summed E-state index contributed by atoms with van der Waals surface area (Å²) >= 11 is 1.77. The molecule has 0 saturated heterocycles. The van der Waals surface area contributed by atoms with Crippen molar-refractivity contribution in [3.63, 3.8) is 0 Å². The van der Waals surface area contributed by atoms with Gasteiger partial charge in [0, 0.05) is 10.6 Å². The molecule has 1 aromatic rings. The van der Waals surface area contributed by atoms with Crippen LogP contribution in [0.3, 0.4) is 0 Å². The molecule has 1 rings (SSSR count). The fourth-order valence-corrected chi connectivity index (χ4v) is 2.90. The first-order valence-electron chi connectivity index (χ1n) is 3.39. The molecule has 0 spiro atoms. The van der Waals surface area contributed by atoms with E-state index in [1.807, 2.05) is 27.1 Å². The second-order valence-corrected chi connectivity index (χ2v) is 5.72. The van der Waals surface area contributed by atoms with E-state index in [2.05, 4.69) is 18.2 Å². The lowest BCUT2D eigenvalue weighted by Gasteiger charge is -1.95. The number of thiazole rings is 1. The van der Waals surface area contributed by atoms with E-state index in [4.69, 9.17) is 0 Å². The van der Waals surface area contributed by atoms with Crippen molar-refractivity contribution in [2.75, 3.05) is 12.0 Å². The van der Waals surface area contributed by atoms with E-state index < -0.39 is 0 Å². The largest absolute Gasteiger partial charge is 0.250 e. The van der Waals surface area contributed by atoms with Gasteiger partial charge in [0.25, 0.3) is 0 Å². The van der Waals surface area contributed by atoms with Gasteiger partial charge in [-0.15, -0.1) is 11.3 Å². The molecular formula is C7H11NS3. The summed E-state index contributed by atoms with van der Waals surface area (Å²) in [5, 5.41) is 0. The number of aryl methyl sites for hydroxylation is 2. The molecule has 0 saturated carbocycles. The highest BCUT2D eigenvalue weighted by atomic mass is 33.1. The molecule has 0 aromatic carbocycles. The molecule has 0 aliphatic rings. The topological polar surface area (TPSA) is 12.9 Å². The van der Waals surface area contributed by atoms with Crippen molar-refractivity contribution in [1.82, 2.24) is 4.98 Å². The Hall–Kier alpha value is 0.330. The number of hydrogen-bond donors (Lipinski definition) is 0. The van der Waals surface area contributed by atoms with Crippen molar-refractivity contribution in [2.24, 2.45) is 0 Å². The van der Waals surface area contributed by atoms with Gasteiger partial charge in [-0.05, 0) is 19.6 Å². The third kappa shape index (κ3) is 3.05. The van der Waals surface area contributed by atoms with Crippen molar-refractivity contribution in [2.45, 2.75) is 13.3 Å². The van der Waals surface area contributed by atoms with Gasteiger partial charge >= 0.3 is 0 Å². The van der Waals surface area contributed by atoms with E-state index in [1.165, 1.54) is 22.7 Å². The van der Waals surface area contributed by atoms with Gasteiger partial charge in [0.1, 0.15) is 0 Å². The highest BCUT2D eigenvalue weighted by Crippen LogP contribution is 2.20. The molecule has 4 heteroatoms. The van der Waals surface area contributed by atoms with Gasteiger partial charge < -0.3 is 0 Å². The maximum absolute atomic E-state index is 4.20. The zero-order valence-corrected chi connectivity index (χ0v) is 9.11. The van der Waals surface area contributed by atoms with Crippen LogP contribution < -0.4 is 0 Å². The van der Waals surface area contributed by atoms with E-state index >= 15 is 0 Å². The highest BCUT2D eigenvalue weighted by molar-refractivity contribution is 8.76. The Morgan fingerprint density at radius 1 is 1.64 bits per heavy atom. The number of nitrogens with zero attached hydrogens (tertiary/aromatic N) is 1. The van der Waals surface area contributed by atoms with Crippen molar-refractivity contribution < 1.29 is 0 Å². The predicted molar refractivity (Wildman–Crippen MR) is 56.5 cm³/mol. The van der Waals surface area contributed by atoms with E-state index in [0.717, 1.165) is 0 Å². The van der Waals surface area contributed by atoms with Gasteiger partial charge in [-0.2, -0.15) is 0 Å². The molecule has 11 heavy (non-hydrogen) atoms. The van der Waals surface area contributed by atoms with Crippen molar-refractivity contribution in [3.05, 3.63) is 16.1 Å². The molecule has 0 fully saturated rings. The standard InChI is InChI=1S/C7H11NS3/c1-6-7(10-5-8-6)3-4-11-9-2/h5H,3-4H2,1-2H3. The van der Waals surface area contributed by atoms with Crippen LogP contribution in [0, 0.1) is 6.92 Å². The smallest absolute Gasteiger partial charge is 0.0797 e. The van der Waals surface area contributed by atoms with Gasteiger partial charge in [0.2, 0.25) is 0 Å². The van der Waals surface area contributed by atoms with E-state index in [9.17, 15) is 0 Å². The third-order valence-corrected chi connectivity index (χ3v) is 4.18. The fourth-order valence-electron chi connectivity index (χ4n) is 0.784. The molecule has 0 atom stereocenters. The summed E-state index contributed by atoms with van der Waals surface area (Å²) in [5.41, 5.74) is 3.13. The summed E-state index contributed by atoms with van der Waals surface area (Å²) in [7, 11) is 3.74. The lowest BCUT2D eigenvalue weighted by Crippen LogP contribution is -1.85. The number of aromatic nitrogens is 1. The van der Waals surface area contributed by atoms with Crippen LogP contribution in [0.15, 0.2) is 5.51 Å². The molecule has 1 nitrogen and oxygen atoms in total. The minimum Gasteiger partial charge on any atom is -0.250 e. The highest BCUT2D eigenvalue weighted by Gasteiger charge is 1.99. The Kier molecular flexibility index (Phi) is 4.33. The first-order chi connectivity index (χ1) is 5.34. The van der Waals surface area contributed by atoms with Crippen molar-refractivity contribution >= 4 is 32.9 Å². The lowest BCUT2D eigenvalue weighted by atomic mass is 10.3. The predicted octanol–water partition coefficient (Wildman–Crippen LogP) is 3.01. The number of hydrogen-bond acceptors (Lipinski definition) is 4. The molecule has 0 amide bonds. The second-order valence-electron chi connectivity index (χ2n) is 2.10. The maximum atomic E-state index is 4.20. The molecular weight excluding hydrogens is 194 g/mol. The summed E-state index contributed by atoms with van der Waals surface area (Å²) < 4.78 is 0. The van der Waals surface area contributed by atoms with Gasteiger partial charge in [-0.1, -0.05) is 21.6 Å². The van der Waals surface area contributed by atoms with Crippen LogP contribution >= 0.6 is 32.9 Å². The maximum Gasteiger partial charge on any atom is 0.0797 e. The second kappa shape index (κ2) is 5.06. The SMILES string of the molecule is CSSCCc1scnc1C. The van der Waals surface area contributed by atoms with E-state index in [1.54, 1.807) is 11.3 Å². The van der Waals surface area contributed by atoms with Crippen LogP contribution in [-0.4, -0.2) is 17.0 Å². The number of rotatable bonds is 4. The molecule has 0 N–H and O–H groups in total. The summed E-state index contributed by atoms with van der Waals surface area (Å²) in [5.74, 6) is 1.20. The molecule has 0 aliphatic carbocycles.